The first-order chi connectivity index (χ1) is 14.8. The number of amides is 4. The summed E-state index contributed by atoms with van der Waals surface area (Å²) in [7, 11) is 0. The van der Waals surface area contributed by atoms with Crippen LogP contribution in [0.15, 0.2) is 0 Å². The molecule has 0 rings (SSSR count). The largest absolute Gasteiger partial charge is 0.481 e. The van der Waals surface area contributed by atoms with E-state index in [4.69, 9.17) is 21.7 Å². The van der Waals surface area contributed by atoms with Crippen LogP contribution in [0, 0.1) is 0 Å². The number of rotatable bonds is 15. The minimum Gasteiger partial charge on any atom is -0.481 e. The van der Waals surface area contributed by atoms with Crippen LogP contribution in [0.3, 0.4) is 0 Å². The lowest BCUT2D eigenvalue weighted by Crippen LogP contribution is -2.60. The topological polar surface area (TPSA) is 271 Å². The molecule has 0 spiro atoms. The Balaban J connectivity index is 5.14. The van der Waals surface area contributed by atoms with E-state index in [1.807, 2.05) is 5.32 Å². The van der Waals surface area contributed by atoms with Gasteiger partial charge in [-0.25, -0.2) is 4.79 Å². The van der Waals surface area contributed by atoms with Crippen molar-refractivity contribution in [2.75, 3.05) is 6.61 Å². The number of carbonyl (C=O) groups excluding carboxylic acids is 4. The van der Waals surface area contributed by atoms with Crippen LogP contribution < -0.4 is 27.4 Å². The molecule has 0 bridgehead atoms. The maximum Gasteiger partial charge on any atom is 0.326 e. The highest BCUT2D eigenvalue weighted by atomic mass is 16.4. The average molecular weight is 463 g/mol. The molecule has 15 heteroatoms. The molecule has 0 fully saturated rings. The zero-order chi connectivity index (χ0) is 25.0. The van der Waals surface area contributed by atoms with Gasteiger partial charge in [-0.05, 0) is 19.8 Å². The molecule has 15 nitrogen and oxygen atoms in total. The Bertz CT molecular complexity index is 714. The van der Waals surface area contributed by atoms with Crippen LogP contribution in [-0.4, -0.2) is 92.9 Å². The van der Waals surface area contributed by atoms with Gasteiger partial charge in [0.25, 0.3) is 0 Å². The molecule has 0 saturated carbocycles. The molecule has 0 saturated heterocycles. The lowest BCUT2D eigenvalue weighted by atomic mass is 10.1. The number of carbonyl (C=O) groups is 6. The van der Waals surface area contributed by atoms with Crippen molar-refractivity contribution in [3.8, 4) is 0 Å². The molecule has 0 aliphatic rings. The zero-order valence-corrected chi connectivity index (χ0v) is 17.3. The van der Waals surface area contributed by atoms with E-state index in [-0.39, 0.29) is 19.3 Å². The Morgan fingerprint density at radius 1 is 0.844 bits per heavy atom. The minimum atomic E-state index is -1.66. The highest BCUT2D eigenvalue weighted by Crippen LogP contribution is 2.02. The fourth-order valence-corrected chi connectivity index (χ4v) is 2.35. The predicted molar refractivity (Wildman–Crippen MR) is 105 cm³/mol. The summed E-state index contributed by atoms with van der Waals surface area (Å²) in [5.41, 5.74) is 10.5. The van der Waals surface area contributed by atoms with Crippen LogP contribution in [0.1, 0.15) is 32.6 Å². The quantitative estimate of drug-likeness (QED) is 0.111. The molecule has 0 aliphatic heterocycles. The van der Waals surface area contributed by atoms with Crippen LogP contribution in [0.4, 0.5) is 0 Å². The summed E-state index contributed by atoms with van der Waals surface area (Å²) < 4.78 is 0. The number of aliphatic carboxylic acids is 2. The van der Waals surface area contributed by atoms with Crippen LogP contribution in [0.25, 0.3) is 0 Å². The lowest BCUT2D eigenvalue weighted by molar-refractivity contribution is -0.143. The van der Waals surface area contributed by atoms with Gasteiger partial charge in [0.05, 0.1) is 18.8 Å². The number of hydrogen-bond acceptors (Lipinski definition) is 9. The van der Waals surface area contributed by atoms with Gasteiger partial charge in [-0.3, -0.25) is 24.0 Å². The van der Waals surface area contributed by atoms with E-state index >= 15 is 0 Å². The molecule has 0 unspecified atom stereocenters. The summed E-state index contributed by atoms with van der Waals surface area (Å²) in [5, 5.41) is 43.2. The molecule has 0 aliphatic carbocycles. The summed E-state index contributed by atoms with van der Waals surface area (Å²) in [6.45, 7) is 0.184. The van der Waals surface area contributed by atoms with E-state index in [1.54, 1.807) is 0 Å². The normalized spacial score (nSPS) is 15.4. The molecule has 182 valence electrons. The fourth-order valence-electron chi connectivity index (χ4n) is 2.35. The average Bonchev–Trinajstić information content (AvgIpc) is 2.69. The third-order valence-corrected chi connectivity index (χ3v) is 4.18. The van der Waals surface area contributed by atoms with E-state index in [2.05, 4.69) is 10.6 Å². The summed E-state index contributed by atoms with van der Waals surface area (Å²) in [4.78, 5) is 69.3. The SMILES string of the molecule is C[C@@H](O)[C@H](NC(=O)[C@@H](N)CCC(=O)O)C(=O)N[C@@H](CO)C(=O)N[C@@H](CCC(N)=O)C(=O)O. The van der Waals surface area contributed by atoms with Crippen molar-refractivity contribution >= 4 is 35.6 Å². The van der Waals surface area contributed by atoms with Gasteiger partial charge in [0.2, 0.25) is 23.6 Å². The number of nitrogens with two attached hydrogens (primary N) is 2. The first-order valence-corrected chi connectivity index (χ1v) is 9.48. The van der Waals surface area contributed by atoms with E-state index in [1.165, 1.54) is 0 Å². The van der Waals surface area contributed by atoms with Crippen molar-refractivity contribution in [2.45, 2.75) is 62.9 Å². The third kappa shape index (κ3) is 10.6. The summed E-state index contributed by atoms with van der Waals surface area (Å²) in [6.07, 6.45) is -2.79. The van der Waals surface area contributed by atoms with Crippen molar-refractivity contribution in [2.24, 2.45) is 11.5 Å². The second-order valence-electron chi connectivity index (χ2n) is 6.91. The number of aliphatic hydroxyl groups excluding tert-OH is 2. The molecular weight excluding hydrogens is 434 g/mol. The molecular formula is C17H29N5O10. The van der Waals surface area contributed by atoms with Crippen molar-refractivity contribution in [1.29, 1.82) is 0 Å². The summed E-state index contributed by atoms with van der Waals surface area (Å²) >= 11 is 0. The van der Waals surface area contributed by atoms with Crippen LogP contribution in [-0.2, 0) is 28.8 Å². The second-order valence-corrected chi connectivity index (χ2v) is 6.91. The highest BCUT2D eigenvalue weighted by Gasteiger charge is 2.32. The number of carboxylic acid groups (broad SMARTS) is 2. The summed E-state index contributed by atoms with van der Waals surface area (Å²) in [6, 6.07) is -6.10. The third-order valence-electron chi connectivity index (χ3n) is 4.18. The molecule has 32 heavy (non-hydrogen) atoms. The van der Waals surface area contributed by atoms with Gasteiger partial charge in [0.1, 0.15) is 18.1 Å². The molecule has 0 aromatic heterocycles. The molecule has 11 N–H and O–H groups in total. The number of hydrogen-bond donors (Lipinski definition) is 9. The Kier molecular flexibility index (Phi) is 12.5. The fraction of sp³-hybridized carbons (Fsp3) is 0.647. The van der Waals surface area contributed by atoms with Crippen molar-refractivity contribution < 1.29 is 49.2 Å². The molecule has 5 atom stereocenters. The maximum absolute atomic E-state index is 12.4. The monoisotopic (exact) mass is 463 g/mol. The van der Waals surface area contributed by atoms with Crippen LogP contribution >= 0.6 is 0 Å². The van der Waals surface area contributed by atoms with Gasteiger partial charge >= 0.3 is 11.9 Å². The van der Waals surface area contributed by atoms with E-state index < -0.39 is 78.9 Å². The van der Waals surface area contributed by atoms with Crippen molar-refractivity contribution in [3.05, 3.63) is 0 Å². The van der Waals surface area contributed by atoms with E-state index in [0.29, 0.717) is 0 Å². The number of carboxylic acids is 2. The van der Waals surface area contributed by atoms with Crippen molar-refractivity contribution in [3.63, 3.8) is 0 Å². The first kappa shape index (κ1) is 28.7. The Hall–Kier alpha value is -3.30. The Labute approximate surface area is 182 Å². The van der Waals surface area contributed by atoms with Crippen LogP contribution in [0.2, 0.25) is 0 Å². The number of primary amides is 1. The van der Waals surface area contributed by atoms with Crippen molar-refractivity contribution in [1.82, 2.24) is 16.0 Å². The first-order valence-electron chi connectivity index (χ1n) is 9.48. The molecule has 0 aromatic rings. The predicted octanol–water partition coefficient (Wildman–Crippen LogP) is -4.64. The second kappa shape index (κ2) is 13.9. The Morgan fingerprint density at radius 2 is 1.41 bits per heavy atom. The Morgan fingerprint density at radius 3 is 1.84 bits per heavy atom. The van der Waals surface area contributed by atoms with Gasteiger partial charge in [-0.1, -0.05) is 0 Å². The van der Waals surface area contributed by atoms with Gasteiger partial charge < -0.3 is 47.8 Å². The summed E-state index contributed by atoms with van der Waals surface area (Å²) in [5.74, 6) is -6.61. The van der Waals surface area contributed by atoms with E-state index in [0.717, 1.165) is 6.92 Å². The van der Waals surface area contributed by atoms with Gasteiger partial charge in [-0.15, -0.1) is 0 Å². The minimum absolute atomic E-state index is 0.237. The highest BCUT2D eigenvalue weighted by molar-refractivity contribution is 5.94. The maximum atomic E-state index is 12.4. The molecule has 4 amide bonds. The zero-order valence-electron chi connectivity index (χ0n) is 17.3. The molecule has 0 radical (unpaired) electrons. The van der Waals surface area contributed by atoms with Gasteiger partial charge in [0, 0.05) is 12.8 Å². The number of aliphatic hydroxyl groups is 2. The van der Waals surface area contributed by atoms with Crippen LogP contribution in [0.5, 0.6) is 0 Å². The van der Waals surface area contributed by atoms with Gasteiger partial charge in [0.15, 0.2) is 0 Å². The standard InChI is InChI=1S/C17H29N5O10/c1-7(24)13(22-14(28)8(18)2-5-12(26)27)16(30)21-10(6-23)15(29)20-9(17(31)32)3-4-11(19)25/h7-10,13,23-24H,2-6,18H2,1H3,(H2,19,25)(H,20,29)(H,21,30)(H,22,28)(H,26,27)(H,31,32)/t7-,8+,9+,10+,13+/m1/s1. The van der Waals surface area contributed by atoms with Gasteiger partial charge in [-0.2, -0.15) is 0 Å². The lowest BCUT2D eigenvalue weighted by Gasteiger charge is -2.25. The van der Waals surface area contributed by atoms with E-state index in [9.17, 15) is 39.0 Å². The molecule has 0 aromatic carbocycles. The smallest absolute Gasteiger partial charge is 0.326 e. The number of nitrogens with one attached hydrogen (secondary N) is 3. The molecule has 0 heterocycles.